The van der Waals surface area contributed by atoms with Gasteiger partial charge in [-0.05, 0) is 24.6 Å². The maximum Gasteiger partial charge on any atom is 0.333 e. The highest BCUT2D eigenvalue weighted by molar-refractivity contribution is 6.30. The van der Waals surface area contributed by atoms with E-state index in [0.717, 1.165) is 4.57 Å². The third-order valence-corrected chi connectivity index (χ3v) is 4.86. The molecule has 10 heteroatoms. The summed E-state index contributed by atoms with van der Waals surface area (Å²) in [5.74, 6) is -0.387. The van der Waals surface area contributed by atoms with E-state index in [9.17, 15) is 14.4 Å². The van der Waals surface area contributed by atoms with Gasteiger partial charge in [0.05, 0.1) is 13.2 Å². The number of halogens is 1. The van der Waals surface area contributed by atoms with E-state index < -0.39 is 23.7 Å². The zero-order valence-corrected chi connectivity index (χ0v) is 16.9. The van der Waals surface area contributed by atoms with Crippen LogP contribution in [0, 0.1) is 0 Å². The van der Waals surface area contributed by atoms with Crippen molar-refractivity contribution in [1.29, 1.82) is 0 Å². The summed E-state index contributed by atoms with van der Waals surface area (Å²) >= 11 is 5.93. The lowest BCUT2D eigenvalue weighted by Gasteiger charge is -2.30. The molecule has 0 unspecified atom stereocenters. The summed E-state index contributed by atoms with van der Waals surface area (Å²) in [4.78, 5) is 40.3. The van der Waals surface area contributed by atoms with Gasteiger partial charge in [0.15, 0.2) is 0 Å². The molecule has 0 atom stereocenters. The van der Waals surface area contributed by atoms with E-state index in [1.807, 2.05) is 6.92 Å². The fraction of sp³-hybridized carbons (Fsp3) is 0.421. The van der Waals surface area contributed by atoms with Gasteiger partial charge >= 0.3 is 5.69 Å². The fourth-order valence-electron chi connectivity index (χ4n) is 3.27. The zero-order valence-electron chi connectivity index (χ0n) is 16.2. The van der Waals surface area contributed by atoms with Crippen molar-refractivity contribution in [2.75, 3.05) is 42.3 Å². The molecular weight excluding hydrogens is 398 g/mol. The third-order valence-electron chi connectivity index (χ3n) is 4.63. The van der Waals surface area contributed by atoms with Crippen molar-refractivity contribution in [3.63, 3.8) is 0 Å². The minimum absolute atomic E-state index is 0.121. The number of ether oxygens (including phenoxy) is 1. The molecule has 1 aliphatic heterocycles. The Labute approximate surface area is 172 Å². The molecule has 9 nitrogen and oxygen atoms in total. The molecule has 2 heterocycles. The van der Waals surface area contributed by atoms with Gasteiger partial charge in [0.1, 0.15) is 18.1 Å². The third kappa shape index (κ3) is 4.63. The first-order valence-corrected chi connectivity index (χ1v) is 9.81. The molecule has 1 amide bonds. The smallest absolute Gasteiger partial charge is 0.333 e. The Morgan fingerprint density at radius 2 is 1.97 bits per heavy atom. The van der Waals surface area contributed by atoms with Gasteiger partial charge in [-0.2, -0.15) is 0 Å². The van der Waals surface area contributed by atoms with Gasteiger partial charge in [-0.1, -0.05) is 24.6 Å². The lowest BCUT2D eigenvalue weighted by atomic mass is 10.3. The Kier molecular flexibility index (Phi) is 6.60. The first-order chi connectivity index (χ1) is 13.9. The number of rotatable bonds is 6. The Morgan fingerprint density at radius 3 is 2.62 bits per heavy atom. The number of aromatic nitrogens is 2. The summed E-state index contributed by atoms with van der Waals surface area (Å²) in [6.07, 6.45) is 0.652. The van der Waals surface area contributed by atoms with E-state index in [-0.39, 0.29) is 11.5 Å². The number of anilines is 3. The van der Waals surface area contributed by atoms with Crippen LogP contribution in [-0.4, -0.2) is 41.3 Å². The van der Waals surface area contributed by atoms with Crippen LogP contribution < -0.4 is 27.2 Å². The molecule has 0 aliphatic carbocycles. The Balaban J connectivity index is 1.98. The molecule has 0 saturated carbocycles. The molecule has 0 bridgehead atoms. The van der Waals surface area contributed by atoms with E-state index >= 15 is 0 Å². The van der Waals surface area contributed by atoms with Crippen molar-refractivity contribution in [2.24, 2.45) is 0 Å². The van der Waals surface area contributed by atoms with Gasteiger partial charge in [-0.15, -0.1) is 0 Å². The average molecular weight is 422 g/mol. The number of carbonyl (C=O) groups excluding carboxylic acids is 1. The van der Waals surface area contributed by atoms with Crippen LogP contribution in [-0.2, 0) is 22.6 Å². The lowest BCUT2D eigenvalue weighted by molar-refractivity contribution is -0.116. The van der Waals surface area contributed by atoms with Crippen LogP contribution in [0.4, 0.5) is 17.2 Å². The first-order valence-electron chi connectivity index (χ1n) is 9.43. The van der Waals surface area contributed by atoms with E-state index in [0.29, 0.717) is 50.0 Å². The van der Waals surface area contributed by atoms with E-state index in [1.165, 1.54) is 4.57 Å². The molecule has 0 spiro atoms. The molecule has 2 aromatic rings. The Morgan fingerprint density at radius 1 is 1.24 bits per heavy atom. The van der Waals surface area contributed by atoms with Crippen molar-refractivity contribution in [3.05, 3.63) is 50.1 Å². The summed E-state index contributed by atoms with van der Waals surface area (Å²) < 4.78 is 7.61. The predicted molar refractivity (Wildman–Crippen MR) is 113 cm³/mol. The summed E-state index contributed by atoms with van der Waals surface area (Å²) in [6.45, 7) is 3.71. The number of benzene rings is 1. The highest BCUT2D eigenvalue weighted by atomic mass is 35.5. The fourth-order valence-corrected chi connectivity index (χ4v) is 3.46. The van der Waals surface area contributed by atoms with E-state index in [2.05, 4.69) is 5.32 Å². The molecule has 1 aliphatic rings. The number of hydrogen-bond acceptors (Lipinski definition) is 6. The van der Waals surface area contributed by atoms with Gasteiger partial charge in [0, 0.05) is 30.3 Å². The van der Waals surface area contributed by atoms with Crippen LogP contribution in [0.1, 0.15) is 13.3 Å². The Bertz CT molecular complexity index is 1010. The van der Waals surface area contributed by atoms with Crippen molar-refractivity contribution in [2.45, 2.75) is 26.4 Å². The molecule has 156 valence electrons. The molecule has 29 heavy (non-hydrogen) atoms. The van der Waals surface area contributed by atoms with Gasteiger partial charge in [-0.25, -0.2) is 9.36 Å². The maximum absolute atomic E-state index is 13.1. The van der Waals surface area contributed by atoms with Crippen LogP contribution in [0.2, 0.25) is 5.02 Å². The first kappa shape index (κ1) is 20.9. The molecule has 3 rings (SSSR count). The lowest BCUT2D eigenvalue weighted by Crippen LogP contribution is -2.48. The van der Waals surface area contributed by atoms with Crippen LogP contribution in [0.5, 0.6) is 0 Å². The number of morpholine rings is 1. The van der Waals surface area contributed by atoms with Gasteiger partial charge in [-0.3, -0.25) is 14.2 Å². The molecule has 0 radical (unpaired) electrons. The summed E-state index contributed by atoms with van der Waals surface area (Å²) in [6, 6.07) is 6.63. The molecule has 3 N–H and O–H groups in total. The zero-order chi connectivity index (χ0) is 21.0. The molecular formula is C19H24ClN5O4. The second-order valence-corrected chi connectivity index (χ2v) is 7.15. The van der Waals surface area contributed by atoms with E-state index in [1.54, 1.807) is 29.2 Å². The second-order valence-electron chi connectivity index (χ2n) is 6.72. The summed E-state index contributed by atoms with van der Waals surface area (Å²) in [5.41, 5.74) is 5.72. The van der Waals surface area contributed by atoms with E-state index in [4.69, 9.17) is 22.1 Å². The van der Waals surface area contributed by atoms with Gasteiger partial charge in [0.2, 0.25) is 5.91 Å². The van der Waals surface area contributed by atoms with Crippen molar-refractivity contribution < 1.29 is 9.53 Å². The number of nitrogens with two attached hydrogens (primary N) is 1. The van der Waals surface area contributed by atoms with Gasteiger partial charge < -0.3 is 20.7 Å². The molecule has 1 aromatic heterocycles. The number of nitrogen functional groups attached to an aromatic ring is 1. The molecule has 1 fully saturated rings. The van der Waals surface area contributed by atoms with Crippen LogP contribution in [0.15, 0.2) is 33.9 Å². The number of nitrogens with zero attached hydrogens (tertiary/aromatic N) is 3. The van der Waals surface area contributed by atoms with Crippen LogP contribution >= 0.6 is 11.6 Å². The predicted octanol–water partition coefficient (Wildman–Crippen LogP) is 1.13. The molecule has 1 aromatic carbocycles. The number of amides is 1. The normalized spacial score (nSPS) is 14.1. The molecule has 1 saturated heterocycles. The topological polar surface area (TPSA) is 112 Å². The minimum atomic E-state index is -0.604. The Hall–Kier alpha value is -2.78. The monoisotopic (exact) mass is 421 g/mol. The second kappa shape index (κ2) is 9.15. The number of nitrogens with one attached hydrogen (secondary N) is 1. The van der Waals surface area contributed by atoms with Crippen LogP contribution in [0.3, 0.4) is 0 Å². The summed E-state index contributed by atoms with van der Waals surface area (Å²) in [7, 11) is 0. The largest absolute Gasteiger partial charge is 0.383 e. The van der Waals surface area contributed by atoms with Crippen molar-refractivity contribution >= 4 is 34.7 Å². The quantitative estimate of drug-likeness (QED) is 0.723. The number of carbonyl (C=O) groups is 1. The van der Waals surface area contributed by atoms with Gasteiger partial charge in [0.25, 0.3) is 5.56 Å². The highest BCUT2D eigenvalue weighted by Gasteiger charge is 2.24. The number of hydrogen-bond donors (Lipinski definition) is 2. The standard InChI is InChI=1S/C19H24ClN5O4/c1-2-6-24-17(21)16(23-7-9-29-10-8-23)18(27)25(19(24)28)12-15(26)22-14-5-3-4-13(20)11-14/h3-5,11H,2,6-10,12,21H2,1H3,(H,22,26). The van der Waals surface area contributed by atoms with Crippen molar-refractivity contribution in [1.82, 2.24) is 9.13 Å². The maximum atomic E-state index is 13.1. The highest BCUT2D eigenvalue weighted by Crippen LogP contribution is 2.19. The minimum Gasteiger partial charge on any atom is -0.383 e. The average Bonchev–Trinajstić information content (AvgIpc) is 2.69. The van der Waals surface area contributed by atoms with Crippen LogP contribution in [0.25, 0.3) is 0 Å². The SMILES string of the molecule is CCCn1c(N)c(N2CCOCC2)c(=O)n(CC(=O)Nc2cccc(Cl)c2)c1=O. The van der Waals surface area contributed by atoms with Crippen molar-refractivity contribution in [3.8, 4) is 0 Å². The summed E-state index contributed by atoms with van der Waals surface area (Å²) in [5, 5.41) is 3.12.